The Morgan fingerprint density at radius 2 is 2.05 bits per heavy atom. The SMILES string of the molecule is C=CC(=O)Cc1cc(C#N)cc(C(=N)c2ccccc2N)c1. The summed E-state index contributed by atoms with van der Waals surface area (Å²) in [6.45, 7) is 3.44. The Bertz CT molecular complexity index is 800. The number of hydrogen-bond acceptors (Lipinski definition) is 4. The Labute approximate surface area is 129 Å². The molecule has 0 aliphatic carbocycles. The number of nitrogens with one attached hydrogen (secondary N) is 1. The van der Waals surface area contributed by atoms with E-state index >= 15 is 0 Å². The molecule has 0 amide bonds. The van der Waals surface area contributed by atoms with Crippen LogP contribution in [0.2, 0.25) is 0 Å². The maximum Gasteiger partial charge on any atom is 0.159 e. The molecule has 22 heavy (non-hydrogen) atoms. The van der Waals surface area contributed by atoms with Crippen molar-refractivity contribution in [3.05, 3.63) is 77.4 Å². The zero-order valence-corrected chi connectivity index (χ0v) is 12.0. The monoisotopic (exact) mass is 289 g/mol. The average molecular weight is 289 g/mol. The van der Waals surface area contributed by atoms with Crippen LogP contribution in [-0.2, 0) is 11.2 Å². The van der Waals surface area contributed by atoms with Gasteiger partial charge in [-0.2, -0.15) is 5.26 Å². The molecule has 0 saturated heterocycles. The molecule has 0 aliphatic rings. The van der Waals surface area contributed by atoms with E-state index in [1.54, 1.807) is 42.5 Å². The van der Waals surface area contributed by atoms with Crippen molar-refractivity contribution in [2.24, 2.45) is 0 Å². The summed E-state index contributed by atoms with van der Waals surface area (Å²) < 4.78 is 0. The van der Waals surface area contributed by atoms with E-state index in [1.807, 2.05) is 0 Å². The second-order valence-corrected chi connectivity index (χ2v) is 4.84. The van der Waals surface area contributed by atoms with E-state index in [0.717, 1.165) is 0 Å². The van der Waals surface area contributed by atoms with Crippen molar-refractivity contribution in [3.63, 3.8) is 0 Å². The first-order valence-corrected chi connectivity index (χ1v) is 6.68. The van der Waals surface area contributed by atoms with E-state index in [4.69, 9.17) is 16.4 Å². The van der Waals surface area contributed by atoms with Crippen molar-refractivity contribution in [3.8, 4) is 6.07 Å². The van der Waals surface area contributed by atoms with Crippen molar-refractivity contribution in [2.45, 2.75) is 6.42 Å². The highest BCUT2D eigenvalue weighted by Crippen LogP contribution is 2.19. The van der Waals surface area contributed by atoms with Gasteiger partial charge in [0.05, 0.1) is 17.3 Å². The van der Waals surface area contributed by atoms with Crippen molar-refractivity contribution < 1.29 is 4.79 Å². The van der Waals surface area contributed by atoms with Crippen LogP contribution in [0.4, 0.5) is 5.69 Å². The minimum atomic E-state index is -0.133. The molecule has 0 unspecified atom stereocenters. The minimum absolute atomic E-state index is 0.133. The van der Waals surface area contributed by atoms with Gasteiger partial charge in [0, 0.05) is 23.2 Å². The zero-order chi connectivity index (χ0) is 16.1. The Balaban J connectivity index is 2.46. The molecule has 0 bridgehead atoms. The van der Waals surface area contributed by atoms with Crippen LogP contribution >= 0.6 is 0 Å². The molecule has 4 nitrogen and oxygen atoms in total. The number of nitrogen functional groups attached to an aromatic ring is 1. The topological polar surface area (TPSA) is 90.7 Å². The zero-order valence-electron chi connectivity index (χ0n) is 12.0. The van der Waals surface area contributed by atoms with E-state index in [1.165, 1.54) is 6.08 Å². The molecule has 0 spiro atoms. The van der Waals surface area contributed by atoms with E-state index in [2.05, 4.69) is 12.6 Å². The molecule has 4 heteroatoms. The lowest BCUT2D eigenvalue weighted by Gasteiger charge is -2.10. The third kappa shape index (κ3) is 3.28. The van der Waals surface area contributed by atoms with Crippen molar-refractivity contribution in [1.82, 2.24) is 0 Å². The minimum Gasteiger partial charge on any atom is -0.398 e. The number of allylic oxidation sites excluding steroid dienone is 1. The highest BCUT2D eigenvalue weighted by Gasteiger charge is 2.11. The molecule has 3 N–H and O–H groups in total. The number of para-hydroxylation sites is 1. The van der Waals surface area contributed by atoms with Gasteiger partial charge in [-0.1, -0.05) is 24.8 Å². The molecule has 0 heterocycles. The van der Waals surface area contributed by atoms with Crippen molar-refractivity contribution in [1.29, 1.82) is 10.7 Å². The largest absolute Gasteiger partial charge is 0.398 e. The van der Waals surface area contributed by atoms with Crippen LogP contribution < -0.4 is 5.73 Å². The fraction of sp³-hybridized carbons (Fsp3) is 0.0556. The van der Waals surface area contributed by atoms with E-state index in [9.17, 15) is 4.79 Å². The number of nitrogens with zero attached hydrogens (tertiary/aromatic N) is 1. The van der Waals surface area contributed by atoms with Gasteiger partial charge in [-0.25, -0.2) is 0 Å². The van der Waals surface area contributed by atoms with Gasteiger partial charge in [-0.3, -0.25) is 10.2 Å². The van der Waals surface area contributed by atoms with Gasteiger partial charge in [0.15, 0.2) is 5.78 Å². The summed E-state index contributed by atoms with van der Waals surface area (Å²) in [7, 11) is 0. The summed E-state index contributed by atoms with van der Waals surface area (Å²) in [5.41, 5.74) is 8.86. The smallest absolute Gasteiger partial charge is 0.159 e. The summed E-state index contributed by atoms with van der Waals surface area (Å²) in [5, 5.41) is 17.4. The van der Waals surface area contributed by atoms with Crippen LogP contribution in [0.3, 0.4) is 0 Å². The normalized spacial score (nSPS) is 9.77. The Morgan fingerprint density at radius 1 is 1.32 bits per heavy atom. The van der Waals surface area contributed by atoms with Crippen LogP contribution in [0.25, 0.3) is 0 Å². The first-order valence-electron chi connectivity index (χ1n) is 6.68. The van der Waals surface area contributed by atoms with E-state index in [0.29, 0.717) is 27.9 Å². The second kappa shape index (κ2) is 6.51. The predicted octanol–water partition coefficient (Wildman–Crippen LogP) is 2.85. The molecule has 0 radical (unpaired) electrons. The fourth-order valence-corrected chi connectivity index (χ4v) is 2.16. The average Bonchev–Trinajstić information content (AvgIpc) is 2.54. The summed E-state index contributed by atoms with van der Waals surface area (Å²) >= 11 is 0. The van der Waals surface area contributed by atoms with Gasteiger partial charge in [-0.05, 0) is 35.9 Å². The summed E-state index contributed by atoms with van der Waals surface area (Å²) in [4.78, 5) is 11.5. The van der Waals surface area contributed by atoms with Crippen LogP contribution in [0.15, 0.2) is 55.1 Å². The molecule has 2 aromatic rings. The Hall–Kier alpha value is -3.19. The third-order valence-corrected chi connectivity index (χ3v) is 3.25. The fourth-order valence-electron chi connectivity index (χ4n) is 2.16. The first kappa shape index (κ1) is 15.2. The highest BCUT2D eigenvalue weighted by atomic mass is 16.1. The number of carbonyl (C=O) groups is 1. The van der Waals surface area contributed by atoms with Crippen molar-refractivity contribution >= 4 is 17.2 Å². The van der Waals surface area contributed by atoms with Crippen LogP contribution in [-0.4, -0.2) is 11.5 Å². The third-order valence-electron chi connectivity index (χ3n) is 3.25. The van der Waals surface area contributed by atoms with Crippen molar-refractivity contribution in [2.75, 3.05) is 5.73 Å². The Morgan fingerprint density at radius 3 is 2.68 bits per heavy atom. The standard InChI is InChI=1S/C18H15N3O/c1-2-15(22)10-12-7-13(11-19)9-14(8-12)18(21)16-5-3-4-6-17(16)20/h2-9,21H,1,10,20H2. The van der Waals surface area contributed by atoms with Gasteiger partial charge in [0.2, 0.25) is 0 Å². The molecule has 0 fully saturated rings. The number of nitrogens with two attached hydrogens (primary N) is 1. The lowest BCUT2D eigenvalue weighted by molar-refractivity contribution is -0.114. The predicted molar refractivity (Wildman–Crippen MR) is 86.9 cm³/mol. The Kier molecular flexibility index (Phi) is 4.50. The first-order chi connectivity index (χ1) is 10.5. The maximum atomic E-state index is 11.5. The number of benzene rings is 2. The van der Waals surface area contributed by atoms with Gasteiger partial charge in [0.25, 0.3) is 0 Å². The molecule has 108 valence electrons. The van der Waals surface area contributed by atoms with Gasteiger partial charge in [-0.15, -0.1) is 0 Å². The quantitative estimate of drug-likeness (QED) is 0.503. The number of nitriles is 1. The number of anilines is 1. The van der Waals surface area contributed by atoms with Crippen LogP contribution in [0.5, 0.6) is 0 Å². The summed E-state index contributed by atoms with van der Waals surface area (Å²) in [6.07, 6.45) is 1.41. The molecule has 2 aromatic carbocycles. The summed E-state index contributed by atoms with van der Waals surface area (Å²) in [6, 6.07) is 14.1. The second-order valence-electron chi connectivity index (χ2n) is 4.84. The van der Waals surface area contributed by atoms with Gasteiger partial charge in [0.1, 0.15) is 0 Å². The number of hydrogen-bond donors (Lipinski definition) is 2. The lowest BCUT2D eigenvalue weighted by atomic mass is 9.95. The number of rotatable bonds is 5. The van der Waals surface area contributed by atoms with Gasteiger partial charge >= 0.3 is 0 Å². The maximum absolute atomic E-state index is 11.5. The lowest BCUT2D eigenvalue weighted by Crippen LogP contribution is -2.07. The molecule has 0 atom stereocenters. The van der Waals surface area contributed by atoms with Crippen LogP contribution in [0, 0.1) is 16.7 Å². The molecule has 0 aliphatic heterocycles. The number of ketones is 1. The molecule has 0 aromatic heterocycles. The molecular weight excluding hydrogens is 274 g/mol. The van der Waals surface area contributed by atoms with E-state index in [-0.39, 0.29) is 17.9 Å². The molecule has 0 saturated carbocycles. The summed E-state index contributed by atoms with van der Waals surface area (Å²) in [5.74, 6) is -0.133. The highest BCUT2D eigenvalue weighted by molar-refractivity contribution is 6.14. The molecule has 2 rings (SSSR count). The number of carbonyl (C=O) groups excluding carboxylic acids is 1. The van der Waals surface area contributed by atoms with Crippen LogP contribution in [0.1, 0.15) is 22.3 Å². The molecular formula is C18H15N3O. The van der Waals surface area contributed by atoms with E-state index < -0.39 is 0 Å². The van der Waals surface area contributed by atoms with Gasteiger partial charge < -0.3 is 5.73 Å².